The molecule has 0 aliphatic carbocycles. The van der Waals surface area contributed by atoms with Crippen molar-refractivity contribution in [3.8, 4) is 11.5 Å². The van der Waals surface area contributed by atoms with Crippen molar-refractivity contribution in [1.82, 2.24) is 9.97 Å². The average Bonchev–Trinajstić information content (AvgIpc) is 2.70. The van der Waals surface area contributed by atoms with Crippen LogP contribution in [0.5, 0.6) is 11.5 Å². The monoisotopic (exact) mass is 433 g/mol. The Bertz CT molecular complexity index is 1120. The summed E-state index contributed by atoms with van der Waals surface area (Å²) in [5.41, 5.74) is 1.28. The lowest BCUT2D eigenvalue weighted by molar-refractivity contribution is 0.403. The van der Waals surface area contributed by atoms with Crippen LogP contribution in [0.2, 0.25) is 10.0 Å². The molecule has 8 nitrogen and oxygen atoms in total. The number of halogens is 2. The zero-order chi connectivity index (χ0) is 21.0. The van der Waals surface area contributed by atoms with Crippen LogP contribution in [-0.4, -0.2) is 26.4 Å². The van der Waals surface area contributed by atoms with E-state index in [1.807, 2.05) is 0 Å². The van der Waals surface area contributed by atoms with E-state index in [0.717, 1.165) is 11.8 Å². The smallest absolute Gasteiger partial charge is 0.276 e. The second kappa shape index (κ2) is 8.85. The van der Waals surface area contributed by atoms with Crippen molar-refractivity contribution in [2.45, 2.75) is 13.1 Å². The summed E-state index contributed by atoms with van der Waals surface area (Å²) in [4.78, 5) is 19.3. The van der Waals surface area contributed by atoms with Crippen molar-refractivity contribution in [2.75, 3.05) is 10.6 Å². The van der Waals surface area contributed by atoms with Crippen LogP contribution in [0.4, 0.5) is 11.6 Å². The summed E-state index contributed by atoms with van der Waals surface area (Å²) in [5.74, 6) is -0.288. The zero-order valence-electron chi connectivity index (χ0n) is 15.0. The van der Waals surface area contributed by atoms with Gasteiger partial charge in [0.15, 0.2) is 11.5 Å². The van der Waals surface area contributed by atoms with E-state index in [-0.39, 0.29) is 35.4 Å². The van der Waals surface area contributed by atoms with E-state index in [4.69, 9.17) is 28.6 Å². The minimum atomic E-state index is -0.460. The maximum Gasteiger partial charge on any atom is 0.276 e. The fourth-order valence-electron chi connectivity index (χ4n) is 2.55. The number of phenolic OH excluding ortho intramolecular Hbond substituents is 2. The van der Waals surface area contributed by atoms with E-state index < -0.39 is 5.56 Å². The predicted octanol–water partition coefficient (Wildman–Crippen LogP) is 3.71. The standard InChI is InChI=1S/C19H17Cl2N5O3/c20-12-3-1-10(5-13(12)21)9-24-19-25-14(7-22)17(18(29)26-19)23-8-11-2-4-15(27)16(28)6-11/h1-7,22-23,27-28H,8-9H2,(H2,24,25,26,29). The number of anilines is 2. The van der Waals surface area contributed by atoms with Gasteiger partial charge in [-0.1, -0.05) is 35.3 Å². The first kappa shape index (κ1) is 20.5. The highest BCUT2D eigenvalue weighted by molar-refractivity contribution is 6.42. The molecule has 0 aliphatic heterocycles. The molecule has 29 heavy (non-hydrogen) atoms. The molecule has 3 aromatic rings. The first-order valence-corrected chi connectivity index (χ1v) is 9.20. The van der Waals surface area contributed by atoms with Gasteiger partial charge in [-0.2, -0.15) is 0 Å². The molecule has 0 atom stereocenters. The second-order valence-electron chi connectivity index (χ2n) is 6.10. The van der Waals surface area contributed by atoms with E-state index >= 15 is 0 Å². The van der Waals surface area contributed by atoms with Gasteiger partial charge in [0.1, 0.15) is 11.4 Å². The summed E-state index contributed by atoms with van der Waals surface area (Å²) in [6, 6.07) is 9.49. The molecule has 0 spiro atoms. The van der Waals surface area contributed by atoms with Crippen molar-refractivity contribution < 1.29 is 10.2 Å². The van der Waals surface area contributed by atoms with Gasteiger partial charge in [0.05, 0.1) is 10.0 Å². The highest BCUT2D eigenvalue weighted by Crippen LogP contribution is 2.25. The molecule has 1 aromatic heterocycles. The number of H-pyrrole nitrogens is 1. The number of aromatic amines is 1. The Kier molecular flexibility index (Phi) is 6.26. The summed E-state index contributed by atoms with van der Waals surface area (Å²) in [7, 11) is 0. The van der Waals surface area contributed by atoms with E-state index in [0.29, 0.717) is 22.2 Å². The SMILES string of the molecule is N=Cc1nc(NCc2ccc(Cl)c(Cl)c2)[nH]c(=O)c1NCc1ccc(O)c(O)c1. The molecule has 0 radical (unpaired) electrons. The van der Waals surface area contributed by atoms with E-state index in [9.17, 15) is 15.0 Å². The third kappa shape index (κ3) is 4.98. The van der Waals surface area contributed by atoms with Gasteiger partial charge < -0.3 is 26.3 Å². The van der Waals surface area contributed by atoms with Crippen LogP contribution >= 0.6 is 23.2 Å². The van der Waals surface area contributed by atoms with Crippen molar-refractivity contribution in [3.63, 3.8) is 0 Å². The van der Waals surface area contributed by atoms with Crippen LogP contribution in [0.15, 0.2) is 41.2 Å². The molecule has 0 amide bonds. The Morgan fingerprint density at radius 3 is 2.38 bits per heavy atom. The van der Waals surface area contributed by atoms with Crippen LogP contribution in [0, 0.1) is 5.41 Å². The summed E-state index contributed by atoms with van der Waals surface area (Å²) in [5, 5.41) is 33.2. The van der Waals surface area contributed by atoms with Gasteiger partial charge in [-0.05, 0) is 35.4 Å². The maximum absolute atomic E-state index is 12.4. The molecule has 0 bridgehead atoms. The van der Waals surface area contributed by atoms with Crippen molar-refractivity contribution in [1.29, 1.82) is 5.41 Å². The van der Waals surface area contributed by atoms with Gasteiger partial charge in [-0.3, -0.25) is 9.78 Å². The van der Waals surface area contributed by atoms with E-state index in [1.165, 1.54) is 12.1 Å². The highest BCUT2D eigenvalue weighted by atomic mass is 35.5. The third-order valence-corrected chi connectivity index (χ3v) is 4.78. The molecule has 0 fully saturated rings. The molecule has 3 rings (SSSR count). The summed E-state index contributed by atoms with van der Waals surface area (Å²) >= 11 is 11.9. The zero-order valence-corrected chi connectivity index (χ0v) is 16.5. The molecule has 0 aliphatic rings. The molecule has 6 N–H and O–H groups in total. The number of aromatic nitrogens is 2. The van der Waals surface area contributed by atoms with Gasteiger partial charge in [-0.25, -0.2) is 4.98 Å². The quantitative estimate of drug-likeness (QED) is 0.248. The number of nitrogens with zero attached hydrogens (tertiary/aromatic N) is 1. The summed E-state index contributed by atoms with van der Waals surface area (Å²) in [6.07, 6.45) is 0.968. The van der Waals surface area contributed by atoms with Crippen LogP contribution < -0.4 is 16.2 Å². The Labute approximate surface area is 175 Å². The van der Waals surface area contributed by atoms with Crippen LogP contribution in [0.1, 0.15) is 16.8 Å². The summed E-state index contributed by atoms with van der Waals surface area (Å²) < 4.78 is 0. The number of rotatable bonds is 7. The van der Waals surface area contributed by atoms with Crippen molar-refractivity contribution >= 4 is 41.1 Å². The summed E-state index contributed by atoms with van der Waals surface area (Å²) in [6.45, 7) is 0.534. The molecule has 1 heterocycles. The van der Waals surface area contributed by atoms with Crippen LogP contribution in [0.3, 0.4) is 0 Å². The fourth-order valence-corrected chi connectivity index (χ4v) is 2.88. The predicted molar refractivity (Wildman–Crippen MR) is 114 cm³/mol. The lowest BCUT2D eigenvalue weighted by Gasteiger charge is -2.11. The van der Waals surface area contributed by atoms with Gasteiger partial charge in [-0.15, -0.1) is 0 Å². The maximum atomic E-state index is 12.4. The first-order valence-electron chi connectivity index (χ1n) is 8.44. The number of hydrogen-bond donors (Lipinski definition) is 6. The Hall–Kier alpha value is -3.23. The lowest BCUT2D eigenvalue weighted by Crippen LogP contribution is -2.20. The number of hydrogen-bond acceptors (Lipinski definition) is 7. The highest BCUT2D eigenvalue weighted by Gasteiger charge is 2.11. The third-order valence-electron chi connectivity index (χ3n) is 4.04. The molecule has 150 valence electrons. The molecular weight excluding hydrogens is 417 g/mol. The Morgan fingerprint density at radius 2 is 1.69 bits per heavy atom. The molecule has 2 aromatic carbocycles. The molecular formula is C19H17Cl2N5O3. The minimum absolute atomic E-state index is 0.118. The molecule has 10 heteroatoms. The largest absolute Gasteiger partial charge is 0.504 e. The molecule has 0 saturated heterocycles. The van der Waals surface area contributed by atoms with Gasteiger partial charge >= 0.3 is 0 Å². The topological polar surface area (TPSA) is 134 Å². The van der Waals surface area contributed by atoms with Crippen LogP contribution in [-0.2, 0) is 13.1 Å². The average molecular weight is 434 g/mol. The van der Waals surface area contributed by atoms with Crippen molar-refractivity contribution in [3.05, 3.63) is 73.6 Å². The number of aromatic hydroxyl groups is 2. The normalized spacial score (nSPS) is 10.6. The van der Waals surface area contributed by atoms with Gasteiger partial charge in [0.25, 0.3) is 5.56 Å². The number of nitrogens with one attached hydrogen (secondary N) is 4. The van der Waals surface area contributed by atoms with E-state index in [2.05, 4.69) is 20.6 Å². The fraction of sp³-hybridized carbons (Fsp3) is 0.105. The number of benzene rings is 2. The van der Waals surface area contributed by atoms with Crippen molar-refractivity contribution in [2.24, 2.45) is 0 Å². The number of phenols is 2. The first-order chi connectivity index (χ1) is 13.9. The van der Waals surface area contributed by atoms with Gasteiger partial charge in [0, 0.05) is 19.3 Å². The second-order valence-corrected chi connectivity index (χ2v) is 6.91. The van der Waals surface area contributed by atoms with Gasteiger partial charge in [0.2, 0.25) is 5.95 Å². The Balaban J connectivity index is 1.74. The van der Waals surface area contributed by atoms with E-state index in [1.54, 1.807) is 24.3 Å². The Morgan fingerprint density at radius 1 is 1.00 bits per heavy atom. The lowest BCUT2D eigenvalue weighted by atomic mass is 10.2. The minimum Gasteiger partial charge on any atom is -0.504 e. The molecule has 0 saturated carbocycles. The molecule has 0 unspecified atom stereocenters. The van der Waals surface area contributed by atoms with Crippen LogP contribution in [0.25, 0.3) is 0 Å².